The van der Waals surface area contributed by atoms with Crippen LogP contribution in [0, 0.1) is 0 Å². The molecule has 0 amide bonds. The van der Waals surface area contributed by atoms with Crippen LogP contribution in [-0.4, -0.2) is 56.2 Å². The lowest BCUT2D eigenvalue weighted by atomic mass is 10.0. The van der Waals surface area contributed by atoms with Gasteiger partial charge in [-0.1, -0.05) is 13.3 Å². The second kappa shape index (κ2) is 9.28. The van der Waals surface area contributed by atoms with E-state index < -0.39 is 0 Å². The van der Waals surface area contributed by atoms with E-state index in [1.807, 2.05) is 0 Å². The van der Waals surface area contributed by atoms with Crippen LogP contribution in [-0.2, 0) is 9.47 Å². The number of rotatable bonds is 8. The number of hydrogen-bond acceptors (Lipinski definition) is 4. The Morgan fingerprint density at radius 3 is 2.75 bits per heavy atom. The van der Waals surface area contributed by atoms with Gasteiger partial charge in [0, 0.05) is 11.8 Å². The number of ether oxygens (including phenoxy) is 2. The van der Waals surface area contributed by atoms with Gasteiger partial charge in [0.05, 0.1) is 26.4 Å². The molecule has 96 valence electrons. The lowest BCUT2D eigenvalue weighted by Gasteiger charge is -2.34. The molecule has 4 heteroatoms. The van der Waals surface area contributed by atoms with Crippen LogP contribution in [0.5, 0.6) is 0 Å². The van der Waals surface area contributed by atoms with Crippen molar-refractivity contribution in [3.63, 3.8) is 0 Å². The fourth-order valence-electron chi connectivity index (χ4n) is 2.17. The molecule has 1 atom stereocenters. The van der Waals surface area contributed by atoms with Gasteiger partial charge in [-0.05, 0) is 25.9 Å². The van der Waals surface area contributed by atoms with Crippen LogP contribution in [0.1, 0.15) is 26.2 Å². The Hall–Kier alpha value is 0.230. The molecule has 0 N–H and O–H groups in total. The molecule has 0 radical (unpaired) electrons. The fraction of sp³-hybridized carbons (Fsp3) is 1.00. The molecule has 1 rings (SSSR count). The highest BCUT2D eigenvalue weighted by molar-refractivity contribution is 7.80. The summed E-state index contributed by atoms with van der Waals surface area (Å²) in [5.41, 5.74) is 0. The highest BCUT2D eigenvalue weighted by atomic mass is 32.1. The third kappa shape index (κ3) is 5.53. The molecule has 0 aromatic heterocycles. The van der Waals surface area contributed by atoms with Gasteiger partial charge in [0.1, 0.15) is 0 Å². The number of likely N-dealkylation sites (N-methyl/N-ethyl adjacent to an activating group) is 1. The van der Waals surface area contributed by atoms with Gasteiger partial charge in [0.15, 0.2) is 0 Å². The van der Waals surface area contributed by atoms with E-state index in [1.165, 1.54) is 25.8 Å². The fourth-order valence-corrected chi connectivity index (χ4v) is 2.30. The van der Waals surface area contributed by atoms with Gasteiger partial charge in [-0.2, -0.15) is 12.6 Å². The van der Waals surface area contributed by atoms with Gasteiger partial charge in [0.25, 0.3) is 0 Å². The topological polar surface area (TPSA) is 21.7 Å². The Labute approximate surface area is 105 Å². The Morgan fingerprint density at radius 1 is 1.19 bits per heavy atom. The van der Waals surface area contributed by atoms with Gasteiger partial charge in [-0.15, -0.1) is 0 Å². The molecule has 0 aromatic carbocycles. The van der Waals surface area contributed by atoms with Crippen molar-refractivity contribution in [3.05, 3.63) is 0 Å². The molecular formula is C12H25NO2S. The molecule has 1 unspecified atom stereocenters. The minimum Gasteiger partial charge on any atom is -0.378 e. The average molecular weight is 247 g/mol. The Morgan fingerprint density at radius 2 is 2.00 bits per heavy atom. The third-order valence-corrected chi connectivity index (χ3v) is 3.26. The first-order valence-electron chi connectivity index (χ1n) is 6.39. The molecule has 16 heavy (non-hydrogen) atoms. The summed E-state index contributed by atoms with van der Waals surface area (Å²) in [6, 6.07) is 0.628. The van der Waals surface area contributed by atoms with Gasteiger partial charge in [0.2, 0.25) is 0 Å². The molecule has 0 spiro atoms. The first-order chi connectivity index (χ1) is 7.88. The van der Waals surface area contributed by atoms with E-state index in [2.05, 4.69) is 24.5 Å². The highest BCUT2D eigenvalue weighted by Crippen LogP contribution is 2.16. The first kappa shape index (κ1) is 14.3. The number of hydrogen-bond donors (Lipinski definition) is 1. The SMILES string of the molecule is CCN1CCCCC1COCCOCCS. The zero-order chi connectivity index (χ0) is 11.6. The summed E-state index contributed by atoms with van der Waals surface area (Å²) >= 11 is 4.08. The van der Waals surface area contributed by atoms with E-state index in [1.54, 1.807) is 0 Å². The smallest absolute Gasteiger partial charge is 0.0701 e. The van der Waals surface area contributed by atoms with Crippen molar-refractivity contribution in [1.29, 1.82) is 0 Å². The van der Waals surface area contributed by atoms with Crippen molar-refractivity contribution in [2.24, 2.45) is 0 Å². The summed E-state index contributed by atoms with van der Waals surface area (Å²) < 4.78 is 11.0. The van der Waals surface area contributed by atoms with Crippen LogP contribution in [0.15, 0.2) is 0 Å². The molecule has 3 nitrogen and oxygen atoms in total. The summed E-state index contributed by atoms with van der Waals surface area (Å²) in [5, 5.41) is 0. The van der Waals surface area contributed by atoms with Gasteiger partial charge < -0.3 is 9.47 Å². The van der Waals surface area contributed by atoms with Crippen molar-refractivity contribution in [1.82, 2.24) is 4.90 Å². The van der Waals surface area contributed by atoms with Crippen LogP contribution >= 0.6 is 12.6 Å². The van der Waals surface area contributed by atoms with Crippen LogP contribution in [0.3, 0.4) is 0 Å². The molecular weight excluding hydrogens is 222 g/mol. The van der Waals surface area contributed by atoms with E-state index in [0.717, 1.165) is 25.5 Å². The minimum atomic E-state index is 0.628. The zero-order valence-electron chi connectivity index (χ0n) is 10.4. The normalized spacial score (nSPS) is 22.5. The molecule has 0 aromatic rings. The predicted octanol–water partition coefficient (Wildman–Crippen LogP) is 1.82. The lowest BCUT2D eigenvalue weighted by molar-refractivity contribution is 0.0121. The maximum absolute atomic E-state index is 5.66. The summed E-state index contributed by atoms with van der Waals surface area (Å²) in [4.78, 5) is 2.53. The van der Waals surface area contributed by atoms with Crippen molar-refractivity contribution in [2.75, 3.05) is 45.3 Å². The maximum Gasteiger partial charge on any atom is 0.0701 e. The molecule has 1 heterocycles. The summed E-state index contributed by atoms with van der Waals surface area (Å²) in [5.74, 6) is 0.784. The molecule has 1 aliphatic rings. The largest absolute Gasteiger partial charge is 0.378 e. The standard InChI is InChI=1S/C12H25NO2S/c1-2-13-6-4-3-5-12(13)11-15-8-7-14-9-10-16/h12,16H,2-11H2,1H3. The van der Waals surface area contributed by atoms with E-state index in [0.29, 0.717) is 19.3 Å². The molecule has 0 aliphatic carbocycles. The van der Waals surface area contributed by atoms with Crippen LogP contribution in [0.4, 0.5) is 0 Å². The molecule has 1 aliphatic heterocycles. The van der Waals surface area contributed by atoms with Crippen molar-refractivity contribution in [2.45, 2.75) is 32.2 Å². The van der Waals surface area contributed by atoms with E-state index in [-0.39, 0.29) is 0 Å². The zero-order valence-corrected chi connectivity index (χ0v) is 11.3. The Balaban J connectivity index is 2.02. The first-order valence-corrected chi connectivity index (χ1v) is 7.02. The van der Waals surface area contributed by atoms with Crippen molar-refractivity contribution in [3.8, 4) is 0 Å². The highest BCUT2D eigenvalue weighted by Gasteiger charge is 2.20. The Kier molecular flexibility index (Phi) is 8.29. The van der Waals surface area contributed by atoms with Crippen LogP contribution in [0.25, 0.3) is 0 Å². The van der Waals surface area contributed by atoms with E-state index in [9.17, 15) is 0 Å². The van der Waals surface area contributed by atoms with Gasteiger partial charge in [-0.3, -0.25) is 4.90 Å². The lowest BCUT2D eigenvalue weighted by Crippen LogP contribution is -2.42. The summed E-state index contributed by atoms with van der Waals surface area (Å²) in [6.45, 7) is 7.59. The minimum absolute atomic E-state index is 0.628. The summed E-state index contributed by atoms with van der Waals surface area (Å²) in [6.07, 6.45) is 3.97. The monoisotopic (exact) mass is 247 g/mol. The maximum atomic E-state index is 5.66. The third-order valence-electron chi connectivity index (χ3n) is 3.07. The number of thiol groups is 1. The van der Waals surface area contributed by atoms with Crippen LogP contribution in [0.2, 0.25) is 0 Å². The number of nitrogens with zero attached hydrogens (tertiary/aromatic N) is 1. The van der Waals surface area contributed by atoms with Crippen molar-refractivity contribution >= 4 is 12.6 Å². The van der Waals surface area contributed by atoms with Gasteiger partial charge >= 0.3 is 0 Å². The van der Waals surface area contributed by atoms with Crippen molar-refractivity contribution < 1.29 is 9.47 Å². The summed E-state index contributed by atoms with van der Waals surface area (Å²) in [7, 11) is 0. The molecule has 0 bridgehead atoms. The predicted molar refractivity (Wildman–Crippen MR) is 70.4 cm³/mol. The Bertz CT molecular complexity index is 169. The molecule has 0 saturated carbocycles. The number of piperidine rings is 1. The van der Waals surface area contributed by atoms with Crippen LogP contribution < -0.4 is 0 Å². The average Bonchev–Trinajstić information content (AvgIpc) is 2.34. The van der Waals surface area contributed by atoms with Gasteiger partial charge in [-0.25, -0.2) is 0 Å². The molecule has 1 saturated heterocycles. The second-order valence-electron chi connectivity index (χ2n) is 4.19. The number of likely N-dealkylation sites (tertiary alicyclic amines) is 1. The molecule has 1 fully saturated rings. The quantitative estimate of drug-likeness (QED) is 0.522. The second-order valence-corrected chi connectivity index (χ2v) is 4.64. The van der Waals surface area contributed by atoms with E-state index in [4.69, 9.17) is 9.47 Å². The van der Waals surface area contributed by atoms with E-state index >= 15 is 0 Å².